The molecule has 2 heterocycles. The van der Waals surface area contributed by atoms with Crippen molar-refractivity contribution in [2.24, 2.45) is 0 Å². The van der Waals surface area contributed by atoms with Crippen LogP contribution in [0.3, 0.4) is 0 Å². The van der Waals surface area contributed by atoms with E-state index in [9.17, 15) is 4.79 Å². The minimum absolute atomic E-state index is 0.0947. The van der Waals surface area contributed by atoms with Crippen molar-refractivity contribution in [1.82, 2.24) is 0 Å². The molecule has 2 rings (SSSR count). The molecule has 0 amide bonds. The van der Waals surface area contributed by atoms with Crippen LogP contribution in [0.2, 0.25) is 0 Å². The monoisotopic (exact) mass is 398 g/mol. The summed E-state index contributed by atoms with van der Waals surface area (Å²) in [7, 11) is 0. The lowest BCUT2D eigenvalue weighted by Crippen LogP contribution is -1.97. The normalized spacial score (nSPS) is 10.4. The highest BCUT2D eigenvalue weighted by Crippen LogP contribution is 2.26. The number of hydrogen-bond donors (Lipinski definition) is 0. The molecule has 14 heavy (non-hydrogen) atoms. The highest BCUT2D eigenvalue weighted by molar-refractivity contribution is 14.1. The maximum atomic E-state index is 11.9. The Kier molecular flexibility index (Phi) is 3.41. The molecule has 2 aromatic heterocycles. The molecule has 0 aliphatic rings. The second-order valence-electron chi connectivity index (χ2n) is 2.60. The second-order valence-corrected chi connectivity index (χ2v) is 7.01. The van der Waals surface area contributed by atoms with E-state index in [0.29, 0.717) is 0 Å². The van der Waals surface area contributed by atoms with E-state index in [-0.39, 0.29) is 5.78 Å². The Balaban J connectivity index is 2.38. The maximum absolute atomic E-state index is 11.9. The van der Waals surface area contributed by atoms with Gasteiger partial charge in [0.2, 0.25) is 0 Å². The summed E-state index contributed by atoms with van der Waals surface area (Å²) < 4.78 is 2.02. The fourth-order valence-corrected chi connectivity index (χ4v) is 3.81. The summed E-state index contributed by atoms with van der Waals surface area (Å²) in [5.74, 6) is 0.0947. The van der Waals surface area contributed by atoms with Gasteiger partial charge in [-0.1, -0.05) is 0 Å². The average Bonchev–Trinajstić information content (AvgIpc) is 2.73. The number of ketones is 1. The Morgan fingerprint density at radius 2 is 2.14 bits per heavy atom. The van der Waals surface area contributed by atoms with Gasteiger partial charge in [-0.05, 0) is 44.6 Å². The largest absolute Gasteiger partial charge is 0.289 e. The van der Waals surface area contributed by atoms with Gasteiger partial charge in [-0.3, -0.25) is 4.79 Å². The lowest BCUT2D eigenvalue weighted by Gasteiger charge is -1.94. The van der Waals surface area contributed by atoms with Gasteiger partial charge in [-0.15, -0.1) is 11.3 Å². The molecule has 0 atom stereocenters. The molecule has 0 bridgehead atoms. The van der Waals surface area contributed by atoms with E-state index in [1.807, 2.05) is 22.2 Å². The van der Waals surface area contributed by atoms with E-state index < -0.39 is 0 Å². The van der Waals surface area contributed by atoms with Crippen LogP contribution < -0.4 is 0 Å². The van der Waals surface area contributed by atoms with Crippen molar-refractivity contribution in [3.63, 3.8) is 0 Å². The molecular formula is C9H4BrIOS2. The van der Waals surface area contributed by atoms with Crippen molar-refractivity contribution in [3.8, 4) is 0 Å². The molecule has 0 aromatic carbocycles. The summed E-state index contributed by atoms with van der Waals surface area (Å²) in [6, 6.07) is 1.91. The number of thiophene rings is 2. The minimum atomic E-state index is 0.0947. The van der Waals surface area contributed by atoms with Crippen LogP contribution in [-0.4, -0.2) is 5.78 Å². The molecule has 0 saturated heterocycles. The summed E-state index contributed by atoms with van der Waals surface area (Å²) in [5.41, 5.74) is 1.53. The van der Waals surface area contributed by atoms with Gasteiger partial charge in [-0.2, -0.15) is 11.3 Å². The first-order chi connectivity index (χ1) is 6.68. The number of hydrogen-bond acceptors (Lipinski definition) is 3. The molecule has 5 heteroatoms. The van der Waals surface area contributed by atoms with E-state index in [4.69, 9.17) is 0 Å². The van der Waals surface area contributed by atoms with Gasteiger partial charge in [-0.25, -0.2) is 0 Å². The van der Waals surface area contributed by atoms with Crippen molar-refractivity contribution in [1.29, 1.82) is 0 Å². The molecular weight excluding hydrogens is 395 g/mol. The predicted octanol–water partition coefficient (Wildman–Crippen LogP) is 4.41. The number of carbonyl (C=O) groups excluding carboxylic acids is 1. The topological polar surface area (TPSA) is 17.1 Å². The van der Waals surface area contributed by atoms with Crippen molar-refractivity contribution >= 4 is 67.0 Å². The Hall–Kier alpha value is 0.280. The number of rotatable bonds is 2. The highest BCUT2D eigenvalue weighted by atomic mass is 127. The van der Waals surface area contributed by atoms with Crippen molar-refractivity contribution in [2.75, 3.05) is 0 Å². The van der Waals surface area contributed by atoms with Gasteiger partial charge in [0.15, 0.2) is 5.78 Å². The van der Waals surface area contributed by atoms with Gasteiger partial charge in [0, 0.05) is 31.7 Å². The highest BCUT2D eigenvalue weighted by Gasteiger charge is 2.14. The first-order valence-electron chi connectivity index (χ1n) is 3.69. The first kappa shape index (κ1) is 10.8. The van der Waals surface area contributed by atoms with Crippen molar-refractivity contribution in [2.45, 2.75) is 0 Å². The van der Waals surface area contributed by atoms with Crippen LogP contribution in [0.15, 0.2) is 26.7 Å². The lowest BCUT2D eigenvalue weighted by atomic mass is 10.1. The van der Waals surface area contributed by atoms with E-state index in [0.717, 1.165) is 18.5 Å². The van der Waals surface area contributed by atoms with E-state index in [1.165, 1.54) is 11.3 Å². The molecule has 0 N–H and O–H groups in total. The van der Waals surface area contributed by atoms with Crippen LogP contribution in [0.5, 0.6) is 0 Å². The zero-order valence-electron chi connectivity index (χ0n) is 6.79. The quantitative estimate of drug-likeness (QED) is 0.541. The van der Waals surface area contributed by atoms with Gasteiger partial charge < -0.3 is 0 Å². The molecule has 0 aliphatic heterocycles. The van der Waals surface area contributed by atoms with Crippen LogP contribution in [-0.2, 0) is 0 Å². The Labute approximate surface area is 111 Å². The molecule has 72 valence electrons. The SMILES string of the molecule is O=C(c1csc(I)c1)c1cscc1Br. The second kappa shape index (κ2) is 4.42. The predicted molar refractivity (Wildman–Crippen MR) is 72.5 cm³/mol. The molecule has 0 unspecified atom stereocenters. The van der Waals surface area contributed by atoms with Gasteiger partial charge in [0.05, 0.1) is 2.88 Å². The molecule has 1 nitrogen and oxygen atoms in total. The third kappa shape index (κ3) is 2.10. The summed E-state index contributed by atoms with van der Waals surface area (Å²) in [6.45, 7) is 0. The smallest absolute Gasteiger partial charge is 0.195 e. The van der Waals surface area contributed by atoms with Crippen LogP contribution >= 0.6 is 61.2 Å². The molecule has 2 aromatic rings. The molecule has 0 aliphatic carbocycles. The minimum Gasteiger partial charge on any atom is -0.289 e. The summed E-state index contributed by atoms with van der Waals surface area (Å²) in [5, 5.41) is 5.69. The Bertz CT molecular complexity index is 475. The van der Waals surface area contributed by atoms with Crippen LogP contribution in [0.25, 0.3) is 0 Å². The van der Waals surface area contributed by atoms with Crippen LogP contribution in [0.4, 0.5) is 0 Å². The Morgan fingerprint density at radius 1 is 1.36 bits per heavy atom. The van der Waals surface area contributed by atoms with Crippen LogP contribution in [0.1, 0.15) is 15.9 Å². The van der Waals surface area contributed by atoms with Crippen molar-refractivity contribution < 1.29 is 4.79 Å². The van der Waals surface area contributed by atoms with E-state index in [1.54, 1.807) is 11.3 Å². The Morgan fingerprint density at radius 3 is 2.64 bits per heavy atom. The van der Waals surface area contributed by atoms with Gasteiger partial charge in [0.1, 0.15) is 0 Å². The summed E-state index contributed by atoms with van der Waals surface area (Å²) >= 11 is 8.70. The molecule has 0 fully saturated rings. The fraction of sp³-hybridized carbons (Fsp3) is 0. The standard InChI is InChI=1S/C9H4BrIOS2/c10-7-4-13-3-6(7)9(12)5-1-8(11)14-2-5/h1-4H. The van der Waals surface area contributed by atoms with E-state index in [2.05, 4.69) is 38.5 Å². The fourth-order valence-electron chi connectivity index (χ4n) is 1.03. The molecule has 0 radical (unpaired) electrons. The van der Waals surface area contributed by atoms with Gasteiger partial charge >= 0.3 is 0 Å². The molecule has 0 spiro atoms. The lowest BCUT2D eigenvalue weighted by molar-refractivity contribution is 0.103. The zero-order valence-corrected chi connectivity index (χ0v) is 12.2. The van der Waals surface area contributed by atoms with Crippen molar-refractivity contribution in [3.05, 3.63) is 40.7 Å². The molecule has 0 saturated carbocycles. The first-order valence-corrected chi connectivity index (χ1v) is 7.38. The number of carbonyl (C=O) groups is 1. The number of halogens is 2. The van der Waals surface area contributed by atoms with Crippen LogP contribution in [0, 0.1) is 2.88 Å². The third-order valence-electron chi connectivity index (χ3n) is 1.69. The zero-order chi connectivity index (χ0) is 10.1. The summed E-state index contributed by atoms with van der Waals surface area (Å²) in [6.07, 6.45) is 0. The average molecular weight is 399 g/mol. The third-order valence-corrected chi connectivity index (χ3v) is 5.18. The maximum Gasteiger partial charge on any atom is 0.195 e. The summed E-state index contributed by atoms with van der Waals surface area (Å²) in [4.78, 5) is 11.9. The van der Waals surface area contributed by atoms with Gasteiger partial charge in [0.25, 0.3) is 0 Å². The van der Waals surface area contributed by atoms with E-state index >= 15 is 0 Å².